The summed E-state index contributed by atoms with van der Waals surface area (Å²) in [4.78, 5) is 24.1. The maximum absolute atomic E-state index is 12.1. The van der Waals surface area contributed by atoms with Gasteiger partial charge in [-0.05, 0) is 24.0 Å². The molecule has 0 radical (unpaired) electrons. The smallest absolute Gasteiger partial charge is 0.328 e. The second kappa shape index (κ2) is 10.9. The fraction of sp³-hybridized carbons (Fsp3) is 0.273. The minimum Gasteiger partial charge on any atom is -0.467 e. The van der Waals surface area contributed by atoms with Crippen molar-refractivity contribution in [2.75, 3.05) is 7.11 Å². The van der Waals surface area contributed by atoms with E-state index in [4.69, 9.17) is 4.74 Å². The second-order valence-electron chi connectivity index (χ2n) is 6.03. The quantitative estimate of drug-likeness (QED) is 0.556. The lowest BCUT2D eigenvalue weighted by molar-refractivity contribution is -0.144. The number of benzene rings is 2. The standard InChI is InChI=1S/C22H25NO3/c1-26-22(25)20(17-19-14-8-3-9-15-19)23-21(24)16-10-4-7-13-18-11-5-2-6-12-18/h2-6,8-12,14-15,20H,7,13,16-17H2,1H3,(H,23,24)/b10-4+. The van der Waals surface area contributed by atoms with Crippen molar-refractivity contribution in [3.05, 3.63) is 83.9 Å². The highest BCUT2D eigenvalue weighted by Crippen LogP contribution is 2.06. The summed E-state index contributed by atoms with van der Waals surface area (Å²) in [6, 6.07) is 19.1. The number of methoxy groups -OCH3 is 1. The van der Waals surface area contributed by atoms with E-state index in [2.05, 4.69) is 17.4 Å². The molecule has 1 atom stereocenters. The Balaban J connectivity index is 1.79. The van der Waals surface area contributed by atoms with Crippen LogP contribution in [-0.2, 0) is 27.2 Å². The number of ether oxygens (including phenoxy) is 1. The number of aryl methyl sites for hydroxylation is 1. The average molecular weight is 351 g/mol. The van der Waals surface area contributed by atoms with Crippen LogP contribution >= 0.6 is 0 Å². The van der Waals surface area contributed by atoms with Crippen LogP contribution in [-0.4, -0.2) is 25.0 Å². The van der Waals surface area contributed by atoms with E-state index in [9.17, 15) is 9.59 Å². The lowest BCUT2D eigenvalue weighted by Gasteiger charge is -2.16. The molecule has 0 aliphatic carbocycles. The summed E-state index contributed by atoms with van der Waals surface area (Å²) >= 11 is 0. The third-order valence-electron chi connectivity index (χ3n) is 4.02. The van der Waals surface area contributed by atoms with Crippen LogP contribution in [0.15, 0.2) is 72.8 Å². The zero-order valence-electron chi connectivity index (χ0n) is 15.1. The molecule has 4 heteroatoms. The molecule has 1 unspecified atom stereocenters. The highest BCUT2D eigenvalue weighted by Gasteiger charge is 2.21. The summed E-state index contributed by atoms with van der Waals surface area (Å²) in [5.41, 5.74) is 2.25. The van der Waals surface area contributed by atoms with Gasteiger partial charge in [-0.3, -0.25) is 4.79 Å². The normalized spacial score (nSPS) is 11.9. The van der Waals surface area contributed by atoms with Gasteiger partial charge in [0.25, 0.3) is 0 Å². The molecular weight excluding hydrogens is 326 g/mol. The van der Waals surface area contributed by atoms with Gasteiger partial charge in [-0.1, -0.05) is 72.8 Å². The monoisotopic (exact) mass is 351 g/mol. The van der Waals surface area contributed by atoms with Crippen molar-refractivity contribution in [1.29, 1.82) is 0 Å². The first-order chi connectivity index (χ1) is 12.7. The van der Waals surface area contributed by atoms with Gasteiger partial charge < -0.3 is 10.1 Å². The van der Waals surface area contributed by atoms with E-state index in [1.165, 1.54) is 12.7 Å². The lowest BCUT2D eigenvalue weighted by atomic mass is 10.1. The molecule has 1 amide bonds. The minimum atomic E-state index is -0.674. The van der Waals surface area contributed by atoms with Gasteiger partial charge in [0.05, 0.1) is 7.11 Å². The van der Waals surface area contributed by atoms with Crippen LogP contribution in [0, 0.1) is 0 Å². The maximum atomic E-state index is 12.1. The van der Waals surface area contributed by atoms with Crippen LogP contribution < -0.4 is 5.32 Å². The molecule has 1 N–H and O–H groups in total. The van der Waals surface area contributed by atoms with Crippen LogP contribution in [0.4, 0.5) is 0 Å². The predicted molar refractivity (Wildman–Crippen MR) is 103 cm³/mol. The van der Waals surface area contributed by atoms with E-state index in [0.29, 0.717) is 6.42 Å². The van der Waals surface area contributed by atoms with Crippen LogP contribution in [0.25, 0.3) is 0 Å². The maximum Gasteiger partial charge on any atom is 0.328 e. The first-order valence-electron chi connectivity index (χ1n) is 8.79. The van der Waals surface area contributed by atoms with Crippen molar-refractivity contribution in [3.63, 3.8) is 0 Å². The second-order valence-corrected chi connectivity index (χ2v) is 6.03. The molecule has 4 nitrogen and oxygen atoms in total. The van der Waals surface area contributed by atoms with Crippen molar-refractivity contribution in [2.24, 2.45) is 0 Å². The summed E-state index contributed by atoms with van der Waals surface area (Å²) in [6.45, 7) is 0. The van der Waals surface area contributed by atoms with Gasteiger partial charge in [-0.2, -0.15) is 0 Å². The molecule has 0 fully saturated rings. The number of amides is 1. The Morgan fingerprint density at radius 2 is 1.58 bits per heavy atom. The fourth-order valence-electron chi connectivity index (χ4n) is 2.64. The number of carbonyl (C=O) groups is 2. The SMILES string of the molecule is COC(=O)C(Cc1ccccc1)NC(=O)C/C=C/CCc1ccccc1. The topological polar surface area (TPSA) is 55.4 Å². The van der Waals surface area contributed by atoms with Gasteiger partial charge in [0.2, 0.25) is 5.91 Å². The molecule has 0 bridgehead atoms. The summed E-state index contributed by atoms with van der Waals surface area (Å²) < 4.78 is 4.81. The Labute approximate surface area is 154 Å². The molecule has 136 valence electrons. The molecular formula is C22H25NO3. The molecule has 2 aromatic rings. The van der Waals surface area contributed by atoms with E-state index in [1.54, 1.807) is 0 Å². The molecule has 2 aromatic carbocycles. The van der Waals surface area contributed by atoms with E-state index in [1.807, 2.05) is 60.7 Å². The van der Waals surface area contributed by atoms with Crippen LogP contribution in [0.2, 0.25) is 0 Å². The number of rotatable bonds is 9. The van der Waals surface area contributed by atoms with Crippen molar-refractivity contribution in [2.45, 2.75) is 31.7 Å². The van der Waals surface area contributed by atoms with Gasteiger partial charge in [0.1, 0.15) is 6.04 Å². The number of hydrogen-bond acceptors (Lipinski definition) is 3. The Morgan fingerprint density at radius 1 is 0.962 bits per heavy atom. The molecule has 0 saturated heterocycles. The van der Waals surface area contributed by atoms with E-state index >= 15 is 0 Å². The predicted octanol–water partition coefficient (Wildman–Crippen LogP) is 3.47. The number of carbonyl (C=O) groups excluding carboxylic acids is 2. The highest BCUT2D eigenvalue weighted by atomic mass is 16.5. The summed E-state index contributed by atoms with van der Waals surface area (Å²) in [6.07, 6.45) is 6.32. The van der Waals surface area contributed by atoms with Crippen molar-refractivity contribution >= 4 is 11.9 Å². The zero-order chi connectivity index (χ0) is 18.6. The molecule has 26 heavy (non-hydrogen) atoms. The van der Waals surface area contributed by atoms with E-state index in [-0.39, 0.29) is 12.3 Å². The molecule has 0 spiro atoms. The fourth-order valence-corrected chi connectivity index (χ4v) is 2.64. The number of esters is 1. The van der Waals surface area contributed by atoms with Crippen LogP contribution in [0.1, 0.15) is 24.0 Å². The van der Waals surface area contributed by atoms with Crippen molar-refractivity contribution < 1.29 is 14.3 Å². The van der Waals surface area contributed by atoms with E-state index < -0.39 is 12.0 Å². The van der Waals surface area contributed by atoms with Gasteiger partial charge in [0, 0.05) is 12.8 Å². The van der Waals surface area contributed by atoms with Crippen LogP contribution in [0.3, 0.4) is 0 Å². The van der Waals surface area contributed by atoms with E-state index in [0.717, 1.165) is 18.4 Å². The number of allylic oxidation sites excluding steroid dienone is 1. The Bertz CT molecular complexity index is 711. The minimum absolute atomic E-state index is 0.188. The van der Waals surface area contributed by atoms with Gasteiger partial charge >= 0.3 is 5.97 Å². The molecule has 0 aliphatic heterocycles. The zero-order valence-corrected chi connectivity index (χ0v) is 15.1. The first-order valence-corrected chi connectivity index (χ1v) is 8.79. The summed E-state index contributed by atoms with van der Waals surface area (Å²) in [7, 11) is 1.33. The Kier molecular flexibility index (Phi) is 8.13. The summed E-state index contributed by atoms with van der Waals surface area (Å²) in [5.74, 6) is -0.623. The third-order valence-corrected chi connectivity index (χ3v) is 4.02. The lowest BCUT2D eigenvalue weighted by Crippen LogP contribution is -2.42. The number of hydrogen-bond donors (Lipinski definition) is 1. The molecule has 2 rings (SSSR count). The molecule has 0 saturated carbocycles. The van der Waals surface area contributed by atoms with Gasteiger partial charge in [-0.15, -0.1) is 0 Å². The molecule has 0 heterocycles. The largest absolute Gasteiger partial charge is 0.467 e. The summed E-state index contributed by atoms with van der Waals surface area (Å²) in [5, 5.41) is 2.76. The van der Waals surface area contributed by atoms with Crippen LogP contribution in [0.5, 0.6) is 0 Å². The molecule has 0 aliphatic rings. The Hall–Kier alpha value is -2.88. The third kappa shape index (κ3) is 6.93. The van der Waals surface area contributed by atoms with Gasteiger partial charge in [-0.25, -0.2) is 4.79 Å². The Morgan fingerprint density at radius 3 is 2.19 bits per heavy atom. The van der Waals surface area contributed by atoms with Gasteiger partial charge in [0.15, 0.2) is 0 Å². The first kappa shape index (κ1) is 19.4. The average Bonchev–Trinajstić information content (AvgIpc) is 2.68. The highest BCUT2D eigenvalue weighted by molar-refractivity contribution is 5.85. The van der Waals surface area contributed by atoms with Crippen molar-refractivity contribution in [3.8, 4) is 0 Å². The number of nitrogens with one attached hydrogen (secondary N) is 1. The van der Waals surface area contributed by atoms with Crippen molar-refractivity contribution in [1.82, 2.24) is 5.32 Å². The molecule has 0 aromatic heterocycles.